The fourth-order valence-corrected chi connectivity index (χ4v) is 1.14. The van der Waals surface area contributed by atoms with Gasteiger partial charge in [-0.2, -0.15) is 0 Å². The second-order valence-corrected chi connectivity index (χ2v) is 3.07. The van der Waals surface area contributed by atoms with Crippen molar-refractivity contribution in [2.75, 3.05) is 0 Å². The van der Waals surface area contributed by atoms with Gasteiger partial charge in [0.1, 0.15) is 0 Å². The van der Waals surface area contributed by atoms with Gasteiger partial charge in [-0.3, -0.25) is 0 Å². The van der Waals surface area contributed by atoms with Gasteiger partial charge in [0, 0.05) is 23.9 Å². The van der Waals surface area contributed by atoms with Gasteiger partial charge in [0.2, 0.25) is 0 Å². The van der Waals surface area contributed by atoms with Crippen molar-refractivity contribution in [2.45, 2.75) is 0 Å². The zero-order valence-electron chi connectivity index (χ0n) is 8.83. The van der Waals surface area contributed by atoms with Crippen LogP contribution in [0, 0.1) is 0 Å². The molecule has 1 aromatic heterocycles. The Morgan fingerprint density at radius 1 is 1.00 bits per heavy atom. The van der Waals surface area contributed by atoms with E-state index in [9.17, 15) is 9.59 Å². The van der Waals surface area contributed by atoms with E-state index in [1.54, 1.807) is 0 Å². The maximum absolute atomic E-state index is 9.55. The Labute approximate surface area is 97.0 Å². The molecule has 3 N–H and O–H groups in total. The van der Waals surface area contributed by atoms with Crippen LogP contribution in [0.25, 0.3) is 10.9 Å². The summed E-state index contributed by atoms with van der Waals surface area (Å²) in [5.74, 6) is -2.51. The molecule has 2 aromatic rings. The third kappa shape index (κ3) is 4.65. The van der Waals surface area contributed by atoms with Crippen LogP contribution >= 0.6 is 0 Å². The highest BCUT2D eigenvalue weighted by Crippen LogP contribution is 2.09. The number of fused-ring (bicyclic) bond motifs is 1. The Morgan fingerprint density at radius 3 is 2.12 bits per heavy atom. The summed E-state index contributed by atoms with van der Waals surface area (Å²) in [6.45, 7) is 0. The van der Waals surface area contributed by atoms with Gasteiger partial charge in [-0.15, -0.1) is 0 Å². The molecule has 0 aliphatic heterocycles. The molecule has 1 heterocycles. The quantitative estimate of drug-likeness (QED) is 0.691. The first-order chi connectivity index (χ1) is 8.09. The lowest BCUT2D eigenvalue weighted by atomic mass is 10.3. The van der Waals surface area contributed by atoms with Crippen molar-refractivity contribution in [2.24, 2.45) is 0 Å². The predicted molar refractivity (Wildman–Crippen MR) is 62.7 cm³/mol. The monoisotopic (exact) mass is 233 g/mol. The molecule has 0 fully saturated rings. The maximum atomic E-state index is 9.55. The summed E-state index contributed by atoms with van der Waals surface area (Å²) < 4.78 is 0. The number of carboxylic acid groups (broad SMARTS) is 2. The first-order valence-corrected chi connectivity index (χ1v) is 4.75. The number of carboxylic acids is 2. The topological polar surface area (TPSA) is 90.4 Å². The van der Waals surface area contributed by atoms with E-state index in [2.05, 4.69) is 23.2 Å². The first-order valence-electron chi connectivity index (χ1n) is 4.75. The zero-order valence-corrected chi connectivity index (χ0v) is 8.83. The highest BCUT2D eigenvalue weighted by molar-refractivity contribution is 5.89. The number of hydrogen-bond acceptors (Lipinski definition) is 2. The molecule has 0 spiro atoms. The minimum Gasteiger partial charge on any atom is -0.478 e. The van der Waals surface area contributed by atoms with Gasteiger partial charge in [0.25, 0.3) is 0 Å². The average molecular weight is 233 g/mol. The van der Waals surface area contributed by atoms with Crippen molar-refractivity contribution in [1.82, 2.24) is 4.98 Å². The number of benzene rings is 1. The third-order valence-corrected chi connectivity index (χ3v) is 1.83. The fraction of sp³-hybridized carbons (Fsp3) is 0. The third-order valence-electron chi connectivity index (χ3n) is 1.83. The van der Waals surface area contributed by atoms with Gasteiger partial charge in [-0.25, -0.2) is 9.59 Å². The zero-order chi connectivity index (χ0) is 12.7. The molecule has 88 valence electrons. The average Bonchev–Trinajstić information content (AvgIpc) is 2.75. The lowest BCUT2D eigenvalue weighted by Gasteiger charge is -1.83. The summed E-state index contributed by atoms with van der Waals surface area (Å²) in [6.07, 6.45) is 3.06. The smallest absolute Gasteiger partial charge is 0.328 e. The molecule has 5 nitrogen and oxygen atoms in total. The van der Waals surface area contributed by atoms with Crippen LogP contribution in [0.3, 0.4) is 0 Å². The van der Waals surface area contributed by atoms with Gasteiger partial charge in [0.15, 0.2) is 0 Å². The molecule has 0 radical (unpaired) electrons. The number of H-pyrrole nitrogens is 1. The van der Waals surface area contributed by atoms with Crippen molar-refractivity contribution >= 4 is 22.8 Å². The standard InChI is InChI=1S/C8H7N.C4H4O4/c1-2-4-8-7(3-1)5-6-9-8;5-3(6)1-2-4(7)8/h1-6,9H;1-2H,(H,5,6)(H,7,8)/b;2-1+. The largest absolute Gasteiger partial charge is 0.478 e. The second-order valence-electron chi connectivity index (χ2n) is 3.07. The normalized spacial score (nSPS) is 9.88. The van der Waals surface area contributed by atoms with Crippen molar-refractivity contribution in [1.29, 1.82) is 0 Å². The van der Waals surface area contributed by atoms with E-state index in [-0.39, 0.29) is 0 Å². The SMILES string of the molecule is O=C(O)/C=C/C(=O)O.c1ccc2[nH]ccc2c1. The van der Waals surface area contributed by atoms with Gasteiger partial charge in [0.05, 0.1) is 0 Å². The molecule has 0 aliphatic rings. The van der Waals surface area contributed by atoms with Gasteiger partial charge in [-0.1, -0.05) is 18.2 Å². The Balaban J connectivity index is 0.000000172. The van der Waals surface area contributed by atoms with Crippen molar-refractivity contribution in [3.05, 3.63) is 48.7 Å². The number of aromatic nitrogens is 1. The molecule has 0 saturated carbocycles. The molecule has 2 rings (SSSR count). The number of nitrogens with one attached hydrogen (secondary N) is 1. The van der Waals surface area contributed by atoms with Crippen molar-refractivity contribution in [3.63, 3.8) is 0 Å². The Kier molecular flexibility index (Phi) is 4.50. The maximum Gasteiger partial charge on any atom is 0.328 e. The van der Waals surface area contributed by atoms with E-state index < -0.39 is 11.9 Å². The molecule has 0 saturated heterocycles. The van der Waals surface area contributed by atoms with Crippen molar-refractivity contribution in [3.8, 4) is 0 Å². The van der Waals surface area contributed by atoms with Crippen LogP contribution in [0.2, 0.25) is 0 Å². The second kappa shape index (κ2) is 6.12. The summed E-state index contributed by atoms with van der Waals surface area (Å²) in [6, 6.07) is 10.3. The molecular formula is C12H11NO4. The minimum absolute atomic E-state index is 0.558. The van der Waals surface area contributed by atoms with Crippen LogP contribution in [0.1, 0.15) is 0 Å². The highest BCUT2D eigenvalue weighted by atomic mass is 16.4. The molecule has 1 aromatic carbocycles. The van der Waals surface area contributed by atoms with Crippen LogP contribution < -0.4 is 0 Å². The van der Waals surface area contributed by atoms with Gasteiger partial charge >= 0.3 is 11.9 Å². The number of para-hydroxylation sites is 1. The minimum atomic E-state index is -1.26. The van der Waals surface area contributed by atoms with Crippen LogP contribution in [0.4, 0.5) is 0 Å². The molecule has 0 atom stereocenters. The van der Waals surface area contributed by atoms with Crippen LogP contribution in [0.5, 0.6) is 0 Å². The summed E-state index contributed by atoms with van der Waals surface area (Å²) in [5, 5.41) is 16.9. The number of aromatic amines is 1. The van der Waals surface area contributed by atoms with E-state index in [1.165, 1.54) is 10.9 Å². The number of rotatable bonds is 2. The molecule has 17 heavy (non-hydrogen) atoms. The molecule has 0 bridgehead atoms. The summed E-state index contributed by atoms with van der Waals surface area (Å²) >= 11 is 0. The van der Waals surface area contributed by atoms with Gasteiger partial charge in [-0.05, 0) is 17.5 Å². The van der Waals surface area contributed by atoms with Crippen LogP contribution in [0.15, 0.2) is 48.7 Å². The summed E-state index contributed by atoms with van der Waals surface area (Å²) in [4.78, 5) is 22.2. The van der Waals surface area contributed by atoms with E-state index in [0.29, 0.717) is 12.2 Å². The number of hydrogen-bond donors (Lipinski definition) is 3. The lowest BCUT2D eigenvalue weighted by Crippen LogP contribution is -1.91. The Morgan fingerprint density at radius 2 is 1.59 bits per heavy atom. The fourth-order valence-electron chi connectivity index (χ4n) is 1.14. The van der Waals surface area contributed by atoms with Crippen LogP contribution in [-0.4, -0.2) is 27.1 Å². The van der Waals surface area contributed by atoms with E-state index in [0.717, 1.165) is 0 Å². The molecule has 0 aliphatic carbocycles. The summed E-state index contributed by atoms with van der Waals surface area (Å²) in [7, 11) is 0. The predicted octanol–water partition coefficient (Wildman–Crippen LogP) is 1.88. The van der Waals surface area contributed by atoms with E-state index in [4.69, 9.17) is 10.2 Å². The summed E-state index contributed by atoms with van der Waals surface area (Å²) in [5.41, 5.74) is 1.21. The van der Waals surface area contributed by atoms with E-state index in [1.807, 2.05) is 18.3 Å². The Hall–Kier alpha value is -2.56. The molecule has 0 unspecified atom stereocenters. The Bertz CT molecular complexity index is 496. The van der Waals surface area contributed by atoms with E-state index >= 15 is 0 Å². The highest BCUT2D eigenvalue weighted by Gasteiger charge is 1.88. The van der Waals surface area contributed by atoms with Crippen LogP contribution in [-0.2, 0) is 9.59 Å². The van der Waals surface area contributed by atoms with Gasteiger partial charge < -0.3 is 15.2 Å². The molecule has 5 heteroatoms. The molecular weight excluding hydrogens is 222 g/mol. The number of aliphatic carboxylic acids is 2. The lowest BCUT2D eigenvalue weighted by molar-refractivity contribution is -0.134. The van der Waals surface area contributed by atoms with Crippen molar-refractivity contribution < 1.29 is 19.8 Å². The molecule has 0 amide bonds. The first kappa shape index (κ1) is 12.5. The number of carbonyl (C=O) groups is 2.